The van der Waals surface area contributed by atoms with Crippen molar-refractivity contribution >= 4 is 11.8 Å². The molecule has 0 atom stereocenters. The number of nitrogens with two attached hydrogens (primary N) is 1. The summed E-state index contributed by atoms with van der Waals surface area (Å²) in [6.45, 7) is 4.40. The van der Waals surface area contributed by atoms with Crippen molar-refractivity contribution in [1.82, 2.24) is 19.3 Å². The van der Waals surface area contributed by atoms with E-state index in [1.165, 1.54) is 7.11 Å². The van der Waals surface area contributed by atoms with E-state index in [4.69, 9.17) is 5.73 Å². The minimum absolute atomic E-state index is 0.159. The predicted molar refractivity (Wildman–Crippen MR) is 74.4 cm³/mol. The quantitative estimate of drug-likeness (QED) is 0.839. The highest BCUT2D eigenvalue weighted by atomic mass is 16.5. The maximum Gasteiger partial charge on any atom is 0.360 e. The van der Waals surface area contributed by atoms with E-state index < -0.39 is 5.97 Å². The lowest BCUT2D eigenvalue weighted by Crippen LogP contribution is -2.10. The molecule has 0 aliphatic carbocycles. The van der Waals surface area contributed by atoms with Crippen molar-refractivity contribution < 1.29 is 9.53 Å². The normalized spacial score (nSPS) is 10.8. The average Bonchev–Trinajstić information content (AvgIpc) is 2.92. The van der Waals surface area contributed by atoms with E-state index in [0.717, 1.165) is 17.7 Å². The van der Waals surface area contributed by atoms with Crippen molar-refractivity contribution in [3.8, 4) is 0 Å². The fourth-order valence-electron chi connectivity index (χ4n) is 2.21. The molecular formula is C13H19N5O2. The molecule has 0 unspecified atom stereocenters. The number of methoxy groups -OCH3 is 1. The lowest BCUT2D eigenvalue weighted by atomic mass is 10.2. The molecule has 0 aromatic carbocycles. The largest absolute Gasteiger partial charge is 0.464 e. The van der Waals surface area contributed by atoms with Crippen LogP contribution < -0.4 is 5.73 Å². The summed E-state index contributed by atoms with van der Waals surface area (Å²) in [7, 11) is 3.19. The highest BCUT2D eigenvalue weighted by Gasteiger charge is 2.20. The Morgan fingerprint density at radius 2 is 2.20 bits per heavy atom. The van der Waals surface area contributed by atoms with Crippen molar-refractivity contribution in [2.75, 3.05) is 12.8 Å². The Morgan fingerprint density at radius 3 is 2.80 bits per heavy atom. The van der Waals surface area contributed by atoms with E-state index >= 15 is 0 Å². The van der Waals surface area contributed by atoms with Gasteiger partial charge in [0.25, 0.3) is 0 Å². The van der Waals surface area contributed by atoms with Crippen molar-refractivity contribution in [1.29, 1.82) is 0 Å². The summed E-state index contributed by atoms with van der Waals surface area (Å²) < 4.78 is 8.24. The van der Waals surface area contributed by atoms with E-state index in [9.17, 15) is 4.79 Å². The van der Waals surface area contributed by atoms with Crippen molar-refractivity contribution in [2.24, 2.45) is 7.05 Å². The molecule has 0 radical (unpaired) electrons. The summed E-state index contributed by atoms with van der Waals surface area (Å²) in [5.74, 6) is 0.473. The van der Waals surface area contributed by atoms with E-state index in [1.807, 2.05) is 20.2 Å². The van der Waals surface area contributed by atoms with Crippen LogP contribution >= 0.6 is 0 Å². The van der Waals surface area contributed by atoms with Gasteiger partial charge >= 0.3 is 5.97 Å². The molecule has 0 aliphatic rings. The number of rotatable bonds is 4. The van der Waals surface area contributed by atoms with Crippen LogP contribution in [0.1, 0.15) is 34.5 Å². The molecule has 2 aromatic heterocycles. The molecule has 2 aromatic rings. The molecule has 0 amide bonds. The molecular weight excluding hydrogens is 258 g/mol. The van der Waals surface area contributed by atoms with Gasteiger partial charge in [-0.15, -0.1) is 0 Å². The fraction of sp³-hybridized carbons (Fsp3) is 0.462. The number of hydrogen-bond donors (Lipinski definition) is 1. The van der Waals surface area contributed by atoms with Crippen LogP contribution in [0.5, 0.6) is 0 Å². The van der Waals surface area contributed by atoms with E-state index in [0.29, 0.717) is 18.2 Å². The molecule has 108 valence electrons. The third-order valence-electron chi connectivity index (χ3n) is 3.23. The minimum Gasteiger partial charge on any atom is -0.464 e. The Labute approximate surface area is 117 Å². The zero-order valence-electron chi connectivity index (χ0n) is 12.2. The molecule has 0 fully saturated rings. The van der Waals surface area contributed by atoms with Gasteiger partial charge in [-0.25, -0.2) is 9.78 Å². The number of esters is 1. The van der Waals surface area contributed by atoms with Crippen molar-refractivity contribution in [2.45, 2.75) is 26.8 Å². The molecule has 20 heavy (non-hydrogen) atoms. The Kier molecular flexibility index (Phi) is 3.78. The number of ether oxygens (including phenoxy) is 1. The fourth-order valence-corrected chi connectivity index (χ4v) is 2.21. The first-order valence-electron chi connectivity index (χ1n) is 6.40. The first kappa shape index (κ1) is 14.1. The number of carbonyl (C=O) groups is 1. The van der Waals surface area contributed by atoms with Crippen LogP contribution in [0.2, 0.25) is 0 Å². The van der Waals surface area contributed by atoms with Crippen LogP contribution in [0, 0.1) is 6.92 Å². The second-order valence-electron chi connectivity index (χ2n) is 4.60. The minimum atomic E-state index is -0.522. The molecule has 7 heteroatoms. The maximum atomic E-state index is 11.6. The number of imidazole rings is 1. The van der Waals surface area contributed by atoms with Gasteiger partial charge in [-0.05, 0) is 13.3 Å². The molecule has 7 nitrogen and oxygen atoms in total. The van der Waals surface area contributed by atoms with E-state index in [-0.39, 0.29) is 5.69 Å². The third-order valence-corrected chi connectivity index (χ3v) is 3.23. The smallest absolute Gasteiger partial charge is 0.360 e. The molecule has 2 N–H and O–H groups in total. The monoisotopic (exact) mass is 277 g/mol. The van der Waals surface area contributed by atoms with Gasteiger partial charge < -0.3 is 15.0 Å². The molecule has 0 saturated carbocycles. The van der Waals surface area contributed by atoms with Gasteiger partial charge in [-0.3, -0.25) is 4.68 Å². The zero-order chi connectivity index (χ0) is 14.9. The number of hydrogen-bond acceptors (Lipinski definition) is 5. The molecule has 0 spiro atoms. The Bertz CT molecular complexity index is 641. The number of nitrogen functional groups attached to an aromatic ring is 1. The van der Waals surface area contributed by atoms with Crippen LogP contribution in [0.3, 0.4) is 0 Å². The highest BCUT2D eigenvalue weighted by Crippen LogP contribution is 2.18. The van der Waals surface area contributed by atoms with Gasteiger partial charge in [0.15, 0.2) is 5.69 Å². The number of nitrogens with zero attached hydrogens (tertiary/aromatic N) is 4. The summed E-state index contributed by atoms with van der Waals surface area (Å²) in [4.78, 5) is 15.8. The summed E-state index contributed by atoms with van der Waals surface area (Å²) >= 11 is 0. The second-order valence-corrected chi connectivity index (χ2v) is 4.60. The number of aryl methyl sites for hydroxylation is 3. The molecule has 2 heterocycles. The van der Waals surface area contributed by atoms with Crippen LogP contribution in [0.15, 0.2) is 6.20 Å². The summed E-state index contributed by atoms with van der Waals surface area (Å²) in [6.07, 6.45) is 2.79. The Hall–Kier alpha value is -2.31. The Balaban J connectivity index is 2.38. The van der Waals surface area contributed by atoms with Gasteiger partial charge in [-0.1, -0.05) is 6.92 Å². The second kappa shape index (κ2) is 5.36. The molecule has 0 saturated heterocycles. The number of anilines is 1. The topological polar surface area (TPSA) is 88.0 Å². The van der Waals surface area contributed by atoms with Gasteiger partial charge in [0.2, 0.25) is 0 Å². The summed E-state index contributed by atoms with van der Waals surface area (Å²) in [5, 5.41) is 4.39. The van der Waals surface area contributed by atoms with Crippen molar-refractivity contribution in [3.05, 3.63) is 29.0 Å². The maximum absolute atomic E-state index is 11.6. The lowest BCUT2D eigenvalue weighted by Gasteiger charge is -2.07. The van der Waals surface area contributed by atoms with Crippen LogP contribution in [0.4, 0.5) is 5.82 Å². The standard InChI is InChI=1S/C13H19N5O2/c1-5-10-9(6-17(3)16-10)7-18-8(2)15-11(12(18)14)13(19)20-4/h6H,5,7,14H2,1-4H3. The zero-order valence-corrected chi connectivity index (χ0v) is 12.2. The van der Waals surface area contributed by atoms with Crippen LogP contribution in [0.25, 0.3) is 0 Å². The van der Waals surface area contributed by atoms with Gasteiger partial charge in [0.05, 0.1) is 19.3 Å². The number of aromatic nitrogens is 4. The first-order chi connectivity index (χ1) is 9.47. The van der Waals surface area contributed by atoms with Gasteiger partial charge in [-0.2, -0.15) is 5.10 Å². The molecule has 0 bridgehead atoms. The third kappa shape index (κ3) is 2.38. The summed E-state index contributed by atoms with van der Waals surface area (Å²) in [5.41, 5.74) is 8.24. The SMILES string of the molecule is CCc1nn(C)cc1Cn1c(C)nc(C(=O)OC)c1N. The summed E-state index contributed by atoms with van der Waals surface area (Å²) in [6, 6.07) is 0. The van der Waals surface area contributed by atoms with Gasteiger partial charge in [0.1, 0.15) is 11.6 Å². The molecule has 2 rings (SSSR count). The van der Waals surface area contributed by atoms with Crippen LogP contribution in [-0.2, 0) is 24.8 Å². The van der Waals surface area contributed by atoms with E-state index in [2.05, 4.69) is 21.7 Å². The Morgan fingerprint density at radius 1 is 1.50 bits per heavy atom. The predicted octanol–water partition coefficient (Wildman–Crippen LogP) is 0.905. The van der Waals surface area contributed by atoms with Gasteiger partial charge in [0, 0.05) is 18.8 Å². The van der Waals surface area contributed by atoms with Crippen molar-refractivity contribution in [3.63, 3.8) is 0 Å². The van der Waals surface area contributed by atoms with E-state index in [1.54, 1.807) is 9.25 Å². The lowest BCUT2D eigenvalue weighted by molar-refractivity contribution is 0.0595. The van der Waals surface area contributed by atoms with Crippen LogP contribution in [-0.4, -0.2) is 32.4 Å². The average molecular weight is 277 g/mol. The molecule has 0 aliphatic heterocycles. The first-order valence-corrected chi connectivity index (χ1v) is 6.40. The highest BCUT2D eigenvalue weighted by molar-refractivity contribution is 5.92. The number of carbonyl (C=O) groups excluding carboxylic acids is 1.